The van der Waals surface area contributed by atoms with Crippen molar-refractivity contribution in [1.82, 2.24) is 15.7 Å². The third kappa shape index (κ3) is 3.60. The normalized spacial score (nSPS) is 10.5. The number of pyridine rings is 1. The molecule has 0 aliphatic carbocycles. The van der Waals surface area contributed by atoms with E-state index >= 15 is 0 Å². The Kier molecular flexibility index (Phi) is 4.43. The number of rotatable bonds is 4. The SMILES string of the molecule is Cc1cc(NNC(=S)NCc2ccco2)nc2c(C)cccc12. The van der Waals surface area contributed by atoms with Crippen LogP contribution in [0.2, 0.25) is 0 Å². The third-order valence-corrected chi connectivity index (χ3v) is 3.80. The summed E-state index contributed by atoms with van der Waals surface area (Å²) in [5.74, 6) is 1.55. The minimum Gasteiger partial charge on any atom is -0.467 e. The first-order chi connectivity index (χ1) is 11.1. The van der Waals surface area contributed by atoms with E-state index in [0.717, 1.165) is 33.6 Å². The summed E-state index contributed by atoms with van der Waals surface area (Å²) in [6.07, 6.45) is 1.63. The van der Waals surface area contributed by atoms with Crippen molar-refractivity contribution in [1.29, 1.82) is 0 Å². The van der Waals surface area contributed by atoms with E-state index in [0.29, 0.717) is 11.7 Å². The minimum absolute atomic E-state index is 0.478. The molecule has 0 saturated heterocycles. The molecule has 3 aromatic rings. The Bertz CT molecular complexity index is 830. The van der Waals surface area contributed by atoms with Gasteiger partial charge >= 0.3 is 0 Å². The molecule has 6 heteroatoms. The molecule has 2 heterocycles. The highest BCUT2D eigenvalue weighted by Gasteiger charge is 2.05. The zero-order valence-corrected chi connectivity index (χ0v) is 13.8. The first-order valence-corrected chi connectivity index (χ1v) is 7.73. The van der Waals surface area contributed by atoms with Crippen molar-refractivity contribution in [3.8, 4) is 0 Å². The fourth-order valence-corrected chi connectivity index (χ4v) is 2.49. The summed E-state index contributed by atoms with van der Waals surface area (Å²) in [5.41, 5.74) is 9.28. The zero-order chi connectivity index (χ0) is 16.2. The fourth-order valence-electron chi connectivity index (χ4n) is 2.37. The van der Waals surface area contributed by atoms with E-state index in [-0.39, 0.29) is 0 Å². The van der Waals surface area contributed by atoms with Crippen molar-refractivity contribution in [3.63, 3.8) is 0 Å². The van der Waals surface area contributed by atoms with Crippen molar-refractivity contribution in [2.45, 2.75) is 20.4 Å². The Morgan fingerprint density at radius 1 is 1.17 bits per heavy atom. The lowest BCUT2D eigenvalue weighted by atomic mass is 10.1. The van der Waals surface area contributed by atoms with Crippen LogP contribution in [-0.4, -0.2) is 10.1 Å². The van der Waals surface area contributed by atoms with Gasteiger partial charge in [-0.15, -0.1) is 0 Å². The maximum absolute atomic E-state index is 5.24. The molecule has 0 aliphatic rings. The molecule has 0 aliphatic heterocycles. The van der Waals surface area contributed by atoms with Crippen molar-refractivity contribution >= 4 is 34.1 Å². The smallest absolute Gasteiger partial charge is 0.185 e. The third-order valence-electron chi connectivity index (χ3n) is 3.56. The quantitative estimate of drug-likeness (QED) is 0.504. The number of nitrogens with zero attached hydrogens (tertiary/aromatic N) is 1. The average Bonchev–Trinajstić information content (AvgIpc) is 3.05. The van der Waals surface area contributed by atoms with Gasteiger partial charge in [0.2, 0.25) is 0 Å². The molecular formula is C17H18N4OS. The van der Waals surface area contributed by atoms with Crippen LogP contribution in [0.15, 0.2) is 47.1 Å². The molecule has 0 unspecified atom stereocenters. The van der Waals surface area contributed by atoms with Gasteiger partial charge in [0, 0.05) is 5.39 Å². The first kappa shape index (κ1) is 15.3. The monoisotopic (exact) mass is 326 g/mol. The Morgan fingerprint density at radius 3 is 2.83 bits per heavy atom. The van der Waals surface area contributed by atoms with E-state index in [1.807, 2.05) is 24.3 Å². The summed E-state index contributed by atoms with van der Waals surface area (Å²) in [6, 6.07) is 11.9. The van der Waals surface area contributed by atoms with Gasteiger partial charge in [0.1, 0.15) is 11.6 Å². The fraction of sp³-hybridized carbons (Fsp3) is 0.176. The molecule has 23 heavy (non-hydrogen) atoms. The molecular weight excluding hydrogens is 308 g/mol. The molecule has 5 nitrogen and oxygen atoms in total. The second-order valence-electron chi connectivity index (χ2n) is 5.31. The molecule has 3 rings (SSSR count). The van der Waals surface area contributed by atoms with Gasteiger partial charge in [-0.1, -0.05) is 18.2 Å². The summed E-state index contributed by atoms with van der Waals surface area (Å²) < 4.78 is 5.24. The van der Waals surface area contributed by atoms with E-state index in [4.69, 9.17) is 16.6 Å². The number of hydrogen-bond donors (Lipinski definition) is 3. The molecule has 0 saturated carbocycles. The van der Waals surface area contributed by atoms with Crippen molar-refractivity contribution in [2.75, 3.05) is 5.43 Å². The number of thiocarbonyl (C=S) groups is 1. The van der Waals surface area contributed by atoms with Crippen LogP contribution in [0.3, 0.4) is 0 Å². The minimum atomic E-state index is 0.478. The summed E-state index contributed by atoms with van der Waals surface area (Å²) in [5, 5.41) is 4.69. The van der Waals surface area contributed by atoms with Gasteiger partial charge in [0.15, 0.2) is 5.11 Å². The second-order valence-corrected chi connectivity index (χ2v) is 5.72. The largest absolute Gasteiger partial charge is 0.467 e. The topological polar surface area (TPSA) is 62.1 Å². The highest BCUT2D eigenvalue weighted by atomic mass is 32.1. The van der Waals surface area contributed by atoms with Gasteiger partial charge in [0.25, 0.3) is 0 Å². The van der Waals surface area contributed by atoms with Crippen molar-refractivity contribution in [3.05, 3.63) is 59.5 Å². The molecule has 0 bridgehead atoms. The molecule has 0 fully saturated rings. The van der Waals surface area contributed by atoms with Crippen LogP contribution in [0.25, 0.3) is 10.9 Å². The van der Waals surface area contributed by atoms with Crippen LogP contribution < -0.4 is 16.2 Å². The van der Waals surface area contributed by atoms with Gasteiger partial charge in [-0.25, -0.2) is 4.98 Å². The van der Waals surface area contributed by atoms with Gasteiger partial charge in [-0.05, 0) is 55.4 Å². The lowest BCUT2D eigenvalue weighted by Crippen LogP contribution is -2.38. The van der Waals surface area contributed by atoms with Crippen LogP contribution >= 0.6 is 12.2 Å². The molecule has 3 N–H and O–H groups in total. The van der Waals surface area contributed by atoms with E-state index in [1.54, 1.807) is 6.26 Å². The Balaban J connectivity index is 1.65. The van der Waals surface area contributed by atoms with Gasteiger partial charge < -0.3 is 9.73 Å². The van der Waals surface area contributed by atoms with E-state index < -0.39 is 0 Å². The number of aromatic nitrogens is 1. The summed E-state index contributed by atoms with van der Waals surface area (Å²) in [7, 11) is 0. The summed E-state index contributed by atoms with van der Waals surface area (Å²) >= 11 is 5.23. The number of aryl methyl sites for hydroxylation is 2. The highest BCUT2D eigenvalue weighted by molar-refractivity contribution is 7.80. The molecule has 0 spiro atoms. The van der Waals surface area contributed by atoms with Gasteiger partial charge in [-0.2, -0.15) is 0 Å². The van der Waals surface area contributed by atoms with Crippen LogP contribution in [0.1, 0.15) is 16.9 Å². The predicted molar refractivity (Wildman–Crippen MR) is 96.1 cm³/mol. The number of anilines is 1. The first-order valence-electron chi connectivity index (χ1n) is 7.32. The Labute approximate surface area is 140 Å². The average molecular weight is 326 g/mol. The van der Waals surface area contributed by atoms with E-state index in [9.17, 15) is 0 Å². The number of nitrogens with one attached hydrogen (secondary N) is 3. The van der Waals surface area contributed by atoms with Crippen LogP contribution in [-0.2, 0) is 6.54 Å². The molecule has 2 aromatic heterocycles. The number of fused-ring (bicyclic) bond motifs is 1. The van der Waals surface area contributed by atoms with Crippen LogP contribution in [0, 0.1) is 13.8 Å². The Hall–Kier alpha value is -2.60. The second kappa shape index (κ2) is 6.66. The predicted octanol–water partition coefficient (Wildman–Crippen LogP) is 3.44. The molecule has 118 valence electrons. The van der Waals surface area contributed by atoms with Crippen LogP contribution in [0.5, 0.6) is 0 Å². The number of furan rings is 1. The molecule has 0 radical (unpaired) electrons. The standard InChI is InChI=1S/C17H18N4OS/c1-11-5-3-7-14-12(2)9-15(19-16(11)14)20-21-17(23)18-10-13-6-4-8-22-13/h3-9H,10H2,1-2H3,(H,19,20)(H2,18,21,23). The number of hydrazine groups is 1. The summed E-state index contributed by atoms with van der Waals surface area (Å²) in [4.78, 5) is 4.64. The molecule has 0 amide bonds. The van der Waals surface area contributed by atoms with E-state index in [2.05, 4.69) is 47.1 Å². The van der Waals surface area contributed by atoms with Crippen molar-refractivity contribution < 1.29 is 4.42 Å². The van der Waals surface area contributed by atoms with Crippen LogP contribution in [0.4, 0.5) is 5.82 Å². The molecule has 1 aromatic carbocycles. The maximum Gasteiger partial charge on any atom is 0.185 e. The van der Waals surface area contributed by atoms with Gasteiger partial charge in [0.05, 0.1) is 18.3 Å². The van der Waals surface area contributed by atoms with E-state index in [1.165, 1.54) is 0 Å². The summed E-state index contributed by atoms with van der Waals surface area (Å²) in [6.45, 7) is 4.66. The van der Waals surface area contributed by atoms with Gasteiger partial charge in [-0.3, -0.25) is 10.9 Å². The molecule has 0 atom stereocenters. The Morgan fingerprint density at radius 2 is 2.04 bits per heavy atom. The lowest BCUT2D eigenvalue weighted by Gasteiger charge is -2.13. The lowest BCUT2D eigenvalue weighted by molar-refractivity contribution is 0.503. The highest BCUT2D eigenvalue weighted by Crippen LogP contribution is 2.22. The maximum atomic E-state index is 5.24. The number of hydrogen-bond acceptors (Lipinski definition) is 4. The number of para-hydroxylation sites is 1. The zero-order valence-electron chi connectivity index (χ0n) is 13.0. The number of benzene rings is 1. The van der Waals surface area contributed by atoms with Crippen molar-refractivity contribution in [2.24, 2.45) is 0 Å².